The van der Waals surface area contributed by atoms with Crippen molar-refractivity contribution in [2.45, 2.75) is 32.8 Å². The molecule has 2 heteroatoms. The molecular weight excluding hydrogens is 306 g/mol. The lowest BCUT2D eigenvalue weighted by molar-refractivity contribution is 0.229. The summed E-state index contributed by atoms with van der Waals surface area (Å²) in [7, 11) is 0. The molecule has 0 radical (unpaired) electrons. The van der Waals surface area contributed by atoms with Gasteiger partial charge < -0.3 is 10.0 Å². The molecule has 130 valence electrons. The number of aliphatic hydroxyl groups is 1. The average molecular weight is 333 g/mol. The van der Waals surface area contributed by atoms with Crippen LogP contribution < -0.4 is 4.90 Å². The Hall–Kier alpha value is -2.58. The molecule has 1 N–H and O–H groups in total. The summed E-state index contributed by atoms with van der Waals surface area (Å²) in [5.74, 6) is 0. The minimum absolute atomic E-state index is 0.619. The Morgan fingerprint density at radius 1 is 1.00 bits per heavy atom. The molecule has 0 aliphatic heterocycles. The van der Waals surface area contributed by atoms with Crippen molar-refractivity contribution in [1.29, 1.82) is 0 Å². The average Bonchev–Trinajstić information content (AvgIpc) is 2.71. The number of aliphatic hydroxyl groups excluding tert-OH is 1. The van der Waals surface area contributed by atoms with Crippen LogP contribution in [0.1, 0.15) is 38.4 Å². The highest BCUT2D eigenvalue weighted by Crippen LogP contribution is 2.33. The van der Waals surface area contributed by atoms with Gasteiger partial charge in [0.05, 0.1) is 6.10 Å². The van der Waals surface area contributed by atoms with Crippen LogP contribution in [0.3, 0.4) is 0 Å². The molecule has 3 rings (SSSR count). The van der Waals surface area contributed by atoms with Gasteiger partial charge in [-0.2, -0.15) is 0 Å². The predicted molar refractivity (Wildman–Crippen MR) is 108 cm³/mol. The predicted octanol–water partition coefficient (Wildman–Crippen LogP) is 6.30. The normalized spacial score (nSPS) is 14.0. The van der Waals surface area contributed by atoms with E-state index in [-0.39, 0.29) is 0 Å². The van der Waals surface area contributed by atoms with Gasteiger partial charge in [0.2, 0.25) is 0 Å². The van der Waals surface area contributed by atoms with E-state index in [1.54, 1.807) is 6.08 Å². The number of para-hydroxylation sites is 1. The molecule has 0 amide bonds. The maximum Gasteiger partial charge on any atom is 0.0969 e. The van der Waals surface area contributed by atoms with Gasteiger partial charge in [0.1, 0.15) is 0 Å². The van der Waals surface area contributed by atoms with Crippen molar-refractivity contribution >= 4 is 11.4 Å². The number of hydrogen-bond donors (Lipinski definition) is 1. The van der Waals surface area contributed by atoms with Crippen LogP contribution in [0.4, 0.5) is 11.4 Å². The first kappa shape index (κ1) is 18.8. The molecule has 0 bridgehead atoms. The Bertz CT molecular complexity index is 714. The molecule has 25 heavy (non-hydrogen) atoms. The maximum absolute atomic E-state index is 9.87. The van der Waals surface area contributed by atoms with Gasteiger partial charge in [0.15, 0.2) is 0 Å². The molecule has 0 spiro atoms. The zero-order chi connectivity index (χ0) is 18.1. The summed E-state index contributed by atoms with van der Waals surface area (Å²) in [6.07, 6.45) is 9.47. The summed E-state index contributed by atoms with van der Waals surface area (Å²) in [6, 6.07) is 18.4. The van der Waals surface area contributed by atoms with E-state index < -0.39 is 6.10 Å². The van der Waals surface area contributed by atoms with E-state index in [2.05, 4.69) is 54.0 Å². The Morgan fingerprint density at radius 3 is 2.20 bits per heavy atom. The lowest BCUT2D eigenvalue weighted by atomic mass is 10.1. The molecule has 1 aliphatic rings. The van der Waals surface area contributed by atoms with Crippen LogP contribution in [0.15, 0.2) is 91.2 Å². The van der Waals surface area contributed by atoms with Crippen molar-refractivity contribution < 1.29 is 5.11 Å². The zero-order valence-electron chi connectivity index (χ0n) is 15.1. The molecule has 1 atom stereocenters. The largest absolute Gasteiger partial charge is 0.384 e. The van der Waals surface area contributed by atoms with Crippen molar-refractivity contribution in [1.82, 2.24) is 0 Å². The smallest absolute Gasteiger partial charge is 0.0969 e. The van der Waals surface area contributed by atoms with E-state index >= 15 is 0 Å². The van der Waals surface area contributed by atoms with E-state index in [0.717, 1.165) is 29.8 Å². The topological polar surface area (TPSA) is 23.5 Å². The highest BCUT2D eigenvalue weighted by molar-refractivity contribution is 5.69. The van der Waals surface area contributed by atoms with Crippen LogP contribution >= 0.6 is 0 Å². The second-order valence-corrected chi connectivity index (χ2v) is 5.57. The SMILES string of the molecule is C=CC(O)c1ccc(N(C2=CC=CCC2)c2ccccc2)cc1.CC. The van der Waals surface area contributed by atoms with Crippen molar-refractivity contribution in [3.63, 3.8) is 0 Å². The summed E-state index contributed by atoms with van der Waals surface area (Å²) in [4.78, 5) is 2.27. The zero-order valence-corrected chi connectivity index (χ0v) is 15.1. The summed E-state index contributed by atoms with van der Waals surface area (Å²) < 4.78 is 0. The Labute approximate surface area is 151 Å². The van der Waals surface area contributed by atoms with E-state index in [0.29, 0.717) is 0 Å². The van der Waals surface area contributed by atoms with Gasteiger partial charge in [0, 0.05) is 17.1 Å². The lowest BCUT2D eigenvalue weighted by Crippen LogP contribution is -2.17. The molecule has 0 saturated heterocycles. The molecular formula is C23H27NO. The van der Waals surface area contributed by atoms with Crippen molar-refractivity contribution in [3.8, 4) is 0 Å². The van der Waals surface area contributed by atoms with Crippen LogP contribution in [0.5, 0.6) is 0 Å². The maximum atomic E-state index is 9.87. The van der Waals surface area contributed by atoms with E-state index in [9.17, 15) is 5.11 Å². The fourth-order valence-electron chi connectivity index (χ4n) is 2.79. The number of benzene rings is 2. The van der Waals surface area contributed by atoms with E-state index in [1.165, 1.54) is 5.70 Å². The first-order valence-electron chi connectivity index (χ1n) is 8.91. The van der Waals surface area contributed by atoms with Crippen LogP contribution in [0.25, 0.3) is 0 Å². The van der Waals surface area contributed by atoms with Crippen LogP contribution in [-0.2, 0) is 0 Å². The van der Waals surface area contributed by atoms with E-state index in [4.69, 9.17) is 0 Å². The summed E-state index contributed by atoms with van der Waals surface area (Å²) >= 11 is 0. The molecule has 1 aliphatic carbocycles. The second-order valence-electron chi connectivity index (χ2n) is 5.57. The number of allylic oxidation sites excluding steroid dienone is 4. The van der Waals surface area contributed by atoms with Crippen LogP contribution in [0.2, 0.25) is 0 Å². The van der Waals surface area contributed by atoms with Gasteiger partial charge in [-0.1, -0.05) is 62.4 Å². The van der Waals surface area contributed by atoms with Crippen LogP contribution in [0, 0.1) is 0 Å². The third-order valence-corrected chi connectivity index (χ3v) is 4.01. The Balaban J connectivity index is 0.00000109. The van der Waals surface area contributed by atoms with Crippen molar-refractivity contribution in [3.05, 3.63) is 96.7 Å². The quantitative estimate of drug-likeness (QED) is 0.649. The fourth-order valence-corrected chi connectivity index (χ4v) is 2.79. The molecule has 0 heterocycles. The Kier molecular flexibility index (Phi) is 7.24. The third-order valence-electron chi connectivity index (χ3n) is 4.01. The van der Waals surface area contributed by atoms with Crippen molar-refractivity contribution in [2.75, 3.05) is 4.90 Å². The van der Waals surface area contributed by atoms with Crippen molar-refractivity contribution in [2.24, 2.45) is 0 Å². The molecule has 0 fully saturated rings. The van der Waals surface area contributed by atoms with Gasteiger partial charge >= 0.3 is 0 Å². The molecule has 2 aromatic rings. The fraction of sp³-hybridized carbons (Fsp3) is 0.217. The second kappa shape index (κ2) is 9.65. The van der Waals surface area contributed by atoms with Gasteiger partial charge in [-0.15, -0.1) is 6.58 Å². The van der Waals surface area contributed by atoms with Crippen LogP contribution in [-0.4, -0.2) is 5.11 Å². The highest BCUT2D eigenvalue weighted by Gasteiger charge is 2.15. The molecule has 0 aromatic heterocycles. The number of nitrogens with zero attached hydrogens (tertiary/aromatic N) is 1. The first-order valence-corrected chi connectivity index (χ1v) is 8.91. The number of rotatable bonds is 5. The lowest BCUT2D eigenvalue weighted by Gasteiger charge is -2.29. The van der Waals surface area contributed by atoms with Gasteiger partial charge in [-0.25, -0.2) is 0 Å². The summed E-state index contributed by atoms with van der Waals surface area (Å²) in [5.41, 5.74) is 4.37. The van der Waals surface area contributed by atoms with Gasteiger partial charge in [-0.05, 0) is 48.7 Å². The first-order chi connectivity index (χ1) is 12.3. The molecule has 2 nitrogen and oxygen atoms in total. The number of hydrogen-bond acceptors (Lipinski definition) is 2. The third kappa shape index (κ3) is 4.71. The summed E-state index contributed by atoms with van der Waals surface area (Å²) in [6.45, 7) is 7.64. The van der Waals surface area contributed by atoms with E-state index in [1.807, 2.05) is 44.2 Å². The highest BCUT2D eigenvalue weighted by atomic mass is 16.3. The molecule has 2 aromatic carbocycles. The van der Waals surface area contributed by atoms with Gasteiger partial charge in [-0.3, -0.25) is 0 Å². The van der Waals surface area contributed by atoms with Gasteiger partial charge in [0.25, 0.3) is 0 Å². The summed E-state index contributed by atoms with van der Waals surface area (Å²) in [5, 5.41) is 9.87. The molecule has 0 saturated carbocycles. The minimum atomic E-state index is -0.619. The monoisotopic (exact) mass is 333 g/mol. The minimum Gasteiger partial charge on any atom is -0.384 e. The number of anilines is 2. The Morgan fingerprint density at radius 2 is 1.64 bits per heavy atom. The standard InChI is InChI=1S/C21H21NO.C2H6/c1-2-21(23)17-13-15-20(16-14-17)22(18-9-5-3-6-10-18)19-11-7-4-8-12-19;1-2/h2-7,9-11,13-16,21,23H,1,8,12H2;1-2H3. The molecule has 1 unspecified atom stereocenters.